The smallest absolute Gasteiger partial charge is 0.248 e. The van der Waals surface area contributed by atoms with Gasteiger partial charge >= 0.3 is 0 Å². The van der Waals surface area contributed by atoms with Crippen molar-refractivity contribution in [1.82, 2.24) is 14.7 Å². The molecule has 3 rings (SSSR count). The summed E-state index contributed by atoms with van der Waals surface area (Å²) in [7, 11) is 0. The van der Waals surface area contributed by atoms with Crippen LogP contribution in [0.1, 0.15) is 43.7 Å². The van der Waals surface area contributed by atoms with E-state index < -0.39 is 5.92 Å². The lowest BCUT2D eigenvalue weighted by Gasteiger charge is -2.34. The molecule has 1 unspecified atom stereocenters. The lowest BCUT2D eigenvalue weighted by Crippen LogP contribution is -2.39. The van der Waals surface area contributed by atoms with Gasteiger partial charge in [-0.3, -0.25) is 9.58 Å². The Morgan fingerprint density at radius 3 is 2.45 bits per heavy atom. The van der Waals surface area contributed by atoms with Gasteiger partial charge in [-0.1, -0.05) is 0 Å². The minimum atomic E-state index is -2.44. The summed E-state index contributed by atoms with van der Waals surface area (Å²) in [6, 6.07) is 0.682. The van der Waals surface area contributed by atoms with Gasteiger partial charge in [-0.2, -0.15) is 5.10 Å². The number of aromatic nitrogens is 2. The topological polar surface area (TPSA) is 47.1 Å². The largest absolute Gasteiger partial charge is 0.326 e. The van der Waals surface area contributed by atoms with Crippen LogP contribution in [0.2, 0.25) is 0 Å². The van der Waals surface area contributed by atoms with Crippen LogP contribution in [0.15, 0.2) is 12.4 Å². The molecule has 0 aromatic carbocycles. The maximum atomic E-state index is 13.2. The Bertz CT molecular complexity index is 459. The number of likely N-dealkylation sites (tertiary alicyclic amines) is 1. The minimum Gasteiger partial charge on any atom is -0.326 e. The van der Waals surface area contributed by atoms with Crippen molar-refractivity contribution in [1.29, 1.82) is 0 Å². The summed E-state index contributed by atoms with van der Waals surface area (Å²) in [5.74, 6) is -2.44. The number of nitrogens with zero attached hydrogens (tertiary/aromatic N) is 3. The second-order valence-electron chi connectivity index (χ2n) is 6.06. The summed E-state index contributed by atoms with van der Waals surface area (Å²) >= 11 is 0. The van der Waals surface area contributed by atoms with Gasteiger partial charge in [-0.05, 0) is 19.3 Å². The van der Waals surface area contributed by atoms with E-state index in [4.69, 9.17) is 5.73 Å². The molecule has 1 aromatic heterocycles. The van der Waals surface area contributed by atoms with E-state index in [9.17, 15) is 8.78 Å². The third-order valence-corrected chi connectivity index (χ3v) is 4.66. The molecule has 0 amide bonds. The molecule has 8 heteroatoms. The summed E-state index contributed by atoms with van der Waals surface area (Å²) < 4.78 is 28.4. The van der Waals surface area contributed by atoms with Crippen LogP contribution in [0.25, 0.3) is 0 Å². The molecule has 2 fully saturated rings. The van der Waals surface area contributed by atoms with E-state index >= 15 is 0 Å². The normalized spacial score (nSPS) is 25.5. The molecule has 22 heavy (non-hydrogen) atoms. The number of rotatable bonds is 3. The quantitative estimate of drug-likeness (QED) is 0.905. The van der Waals surface area contributed by atoms with Crippen LogP contribution in [0.3, 0.4) is 0 Å². The molecule has 128 valence electrons. The van der Waals surface area contributed by atoms with Gasteiger partial charge in [-0.25, -0.2) is 8.78 Å². The van der Waals surface area contributed by atoms with E-state index in [0.29, 0.717) is 31.5 Å². The Morgan fingerprint density at radius 1 is 1.18 bits per heavy atom. The van der Waals surface area contributed by atoms with Gasteiger partial charge in [0.05, 0.1) is 12.2 Å². The standard InChI is InChI=1S/C14H22F2N4.2ClH/c15-14(16)4-1-12(2-5-14)19-6-3-13(10-19)20-9-11(7-17)8-18-20;;/h8-9,12-13H,1-7,10,17H2;2*1H. The Morgan fingerprint density at radius 2 is 1.86 bits per heavy atom. The van der Waals surface area contributed by atoms with Crippen LogP contribution in [-0.4, -0.2) is 39.7 Å². The van der Waals surface area contributed by atoms with Crippen molar-refractivity contribution in [2.24, 2.45) is 5.73 Å². The SMILES string of the molecule is Cl.Cl.NCc1cnn(C2CCN(C3CCC(F)(F)CC3)C2)c1. The number of hydrogen-bond donors (Lipinski definition) is 1. The van der Waals surface area contributed by atoms with Crippen LogP contribution in [0, 0.1) is 0 Å². The molecule has 2 N–H and O–H groups in total. The summed E-state index contributed by atoms with van der Waals surface area (Å²) in [4.78, 5) is 2.36. The third kappa shape index (κ3) is 4.31. The van der Waals surface area contributed by atoms with E-state index in [2.05, 4.69) is 10.00 Å². The number of nitrogens with two attached hydrogens (primary N) is 1. The highest BCUT2D eigenvalue weighted by Gasteiger charge is 2.38. The average molecular weight is 357 g/mol. The Labute approximate surface area is 142 Å². The highest BCUT2D eigenvalue weighted by molar-refractivity contribution is 5.85. The zero-order chi connectivity index (χ0) is 14.2. The van der Waals surface area contributed by atoms with Gasteiger partial charge in [0.2, 0.25) is 5.92 Å². The van der Waals surface area contributed by atoms with Crippen LogP contribution < -0.4 is 5.73 Å². The van der Waals surface area contributed by atoms with Crippen molar-refractivity contribution in [3.63, 3.8) is 0 Å². The summed E-state index contributed by atoms with van der Waals surface area (Å²) in [5, 5.41) is 4.36. The molecule has 1 aliphatic heterocycles. The lowest BCUT2D eigenvalue weighted by atomic mass is 9.91. The fourth-order valence-electron chi connectivity index (χ4n) is 3.39. The predicted molar refractivity (Wildman–Crippen MR) is 87.0 cm³/mol. The first kappa shape index (κ1) is 19.6. The zero-order valence-electron chi connectivity index (χ0n) is 12.5. The summed E-state index contributed by atoms with van der Waals surface area (Å²) in [5.41, 5.74) is 6.64. The molecule has 2 heterocycles. The highest BCUT2D eigenvalue weighted by atomic mass is 35.5. The minimum absolute atomic E-state index is 0. The first-order chi connectivity index (χ1) is 9.57. The fraction of sp³-hybridized carbons (Fsp3) is 0.786. The van der Waals surface area contributed by atoms with Crippen LogP contribution in [0.4, 0.5) is 8.78 Å². The second kappa shape index (κ2) is 7.90. The van der Waals surface area contributed by atoms with Crippen LogP contribution in [-0.2, 0) is 6.54 Å². The van der Waals surface area contributed by atoms with Gasteiger partial charge in [0.25, 0.3) is 0 Å². The average Bonchev–Trinajstić information content (AvgIpc) is 3.07. The Balaban J connectivity index is 0.00000121. The monoisotopic (exact) mass is 356 g/mol. The first-order valence-electron chi connectivity index (χ1n) is 7.42. The van der Waals surface area contributed by atoms with E-state index in [1.54, 1.807) is 0 Å². The third-order valence-electron chi connectivity index (χ3n) is 4.66. The molecule has 0 bridgehead atoms. The molecule has 1 saturated carbocycles. The van der Waals surface area contributed by atoms with Gasteiger partial charge in [-0.15, -0.1) is 24.8 Å². The lowest BCUT2D eigenvalue weighted by molar-refractivity contribution is -0.0518. The van der Waals surface area contributed by atoms with Gasteiger partial charge in [0.15, 0.2) is 0 Å². The molecule has 4 nitrogen and oxygen atoms in total. The molecule has 1 aliphatic carbocycles. The zero-order valence-corrected chi connectivity index (χ0v) is 14.1. The molecule has 0 spiro atoms. The maximum absolute atomic E-state index is 13.2. The second-order valence-corrected chi connectivity index (χ2v) is 6.06. The summed E-state index contributed by atoms with van der Waals surface area (Å²) in [6.45, 7) is 2.41. The van der Waals surface area contributed by atoms with Crippen molar-refractivity contribution < 1.29 is 8.78 Å². The van der Waals surface area contributed by atoms with Crippen molar-refractivity contribution in [2.75, 3.05) is 13.1 Å². The molecule has 1 aromatic rings. The predicted octanol–water partition coefficient (Wildman–Crippen LogP) is 3.01. The Hall–Kier alpha value is -0.430. The van der Waals surface area contributed by atoms with Gasteiger partial charge in [0.1, 0.15) is 0 Å². The van der Waals surface area contributed by atoms with Crippen molar-refractivity contribution in [3.8, 4) is 0 Å². The number of alkyl halides is 2. The van der Waals surface area contributed by atoms with E-state index in [1.165, 1.54) is 0 Å². The van der Waals surface area contributed by atoms with E-state index in [1.807, 2.05) is 17.1 Å². The molecule has 0 radical (unpaired) electrons. The molecular formula is C14H24Cl2F2N4. The van der Waals surface area contributed by atoms with E-state index in [-0.39, 0.29) is 37.7 Å². The first-order valence-corrected chi connectivity index (χ1v) is 7.42. The van der Waals surface area contributed by atoms with Crippen LogP contribution >= 0.6 is 24.8 Å². The van der Waals surface area contributed by atoms with E-state index in [0.717, 1.165) is 25.1 Å². The van der Waals surface area contributed by atoms with Crippen molar-refractivity contribution in [3.05, 3.63) is 18.0 Å². The van der Waals surface area contributed by atoms with Crippen molar-refractivity contribution >= 4 is 24.8 Å². The molecular weight excluding hydrogens is 333 g/mol. The molecule has 1 saturated heterocycles. The highest BCUT2D eigenvalue weighted by Crippen LogP contribution is 2.37. The fourth-order valence-corrected chi connectivity index (χ4v) is 3.39. The maximum Gasteiger partial charge on any atom is 0.248 e. The van der Waals surface area contributed by atoms with Gasteiger partial charge in [0, 0.05) is 50.3 Å². The number of hydrogen-bond acceptors (Lipinski definition) is 3. The van der Waals surface area contributed by atoms with Crippen molar-refractivity contribution in [2.45, 2.75) is 56.7 Å². The number of halogens is 4. The molecule has 1 atom stereocenters. The molecule has 2 aliphatic rings. The van der Waals surface area contributed by atoms with Crippen LogP contribution in [0.5, 0.6) is 0 Å². The summed E-state index contributed by atoms with van der Waals surface area (Å²) in [6.07, 6.45) is 6.17. The Kier molecular flexibility index (Phi) is 7.05. The van der Waals surface area contributed by atoms with Gasteiger partial charge < -0.3 is 5.73 Å².